The van der Waals surface area contributed by atoms with Crippen molar-refractivity contribution in [2.45, 2.75) is 42.9 Å². The molecule has 5 rings (SSSR count). The molecule has 1 atom stereocenters. The number of hydrogen-bond acceptors (Lipinski definition) is 9. The number of rotatable bonds is 13. The van der Waals surface area contributed by atoms with E-state index in [1.807, 2.05) is 0 Å². The lowest BCUT2D eigenvalue weighted by molar-refractivity contribution is -0.155. The Morgan fingerprint density at radius 3 is 2.29 bits per heavy atom. The molecule has 2 aliphatic heterocycles. The van der Waals surface area contributed by atoms with Crippen molar-refractivity contribution in [3.63, 3.8) is 0 Å². The summed E-state index contributed by atoms with van der Waals surface area (Å²) in [5.41, 5.74) is 1.79. The van der Waals surface area contributed by atoms with Gasteiger partial charge in [-0.05, 0) is 42.3 Å². The van der Waals surface area contributed by atoms with Crippen LogP contribution in [0.15, 0.2) is 41.6 Å². The minimum atomic E-state index is -4.94. The Morgan fingerprint density at radius 2 is 1.67 bits per heavy atom. The first-order chi connectivity index (χ1) is 22.6. The number of nitrogens with zero attached hydrogens (tertiary/aromatic N) is 4. The van der Waals surface area contributed by atoms with Crippen molar-refractivity contribution in [1.82, 2.24) is 14.3 Å². The first kappa shape index (κ1) is 35.3. The zero-order valence-electron chi connectivity index (χ0n) is 25.4. The van der Waals surface area contributed by atoms with E-state index in [0.717, 1.165) is 4.31 Å². The summed E-state index contributed by atoms with van der Waals surface area (Å²) in [5, 5.41) is 1.38. The zero-order chi connectivity index (χ0) is 34.9. The first-order valence-corrected chi connectivity index (χ1v) is 16.2. The van der Waals surface area contributed by atoms with Gasteiger partial charge in [0.25, 0.3) is 15.9 Å². The van der Waals surface area contributed by atoms with Crippen LogP contribution in [-0.4, -0.2) is 93.3 Å². The van der Waals surface area contributed by atoms with E-state index in [1.165, 1.54) is 0 Å². The number of piperidine rings is 1. The molecule has 1 aromatic heterocycles. The maximum Gasteiger partial charge on any atom is 0.422 e. The van der Waals surface area contributed by atoms with Crippen molar-refractivity contribution < 1.29 is 58.6 Å². The number of anilines is 1. The molecule has 48 heavy (non-hydrogen) atoms. The number of aromatic nitrogens is 2. The van der Waals surface area contributed by atoms with E-state index < -0.39 is 64.7 Å². The normalized spacial score (nSPS) is 17.3. The van der Waals surface area contributed by atoms with Crippen LogP contribution in [0.5, 0.6) is 11.8 Å². The van der Waals surface area contributed by atoms with Gasteiger partial charge in [0.05, 0.1) is 5.69 Å². The van der Waals surface area contributed by atoms with E-state index in [2.05, 4.69) is 19.4 Å². The summed E-state index contributed by atoms with van der Waals surface area (Å²) in [4.78, 5) is 34.1. The number of carbonyl (C=O) groups is 2. The third-order valence-corrected chi connectivity index (χ3v) is 9.77. The third kappa shape index (κ3) is 7.65. The summed E-state index contributed by atoms with van der Waals surface area (Å²) < 4.78 is 120. The van der Waals surface area contributed by atoms with Crippen molar-refractivity contribution >= 4 is 38.2 Å². The molecule has 3 heterocycles. The molecule has 0 radical (unpaired) electrons. The van der Waals surface area contributed by atoms with Crippen LogP contribution in [-0.2, 0) is 26.0 Å². The quantitative estimate of drug-likeness (QED) is 0.183. The highest BCUT2D eigenvalue weighted by atomic mass is 32.2. The summed E-state index contributed by atoms with van der Waals surface area (Å²) in [6.45, 7) is -3.69. The molecule has 1 fully saturated rings. The van der Waals surface area contributed by atoms with Gasteiger partial charge in [0.2, 0.25) is 16.7 Å². The van der Waals surface area contributed by atoms with Gasteiger partial charge < -0.3 is 19.1 Å². The summed E-state index contributed by atoms with van der Waals surface area (Å²) in [7, 11) is -3.37. The number of sulfonamides is 1. The molecule has 1 unspecified atom stereocenters. The van der Waals surface area contributed by atoms with Gasteiger partial charge in [-0.3, -0.25) is 9.59 Å². The molecule has 0 bridgehead atoms. The Bertz CT molecular complexity index is 1770. The van der Waals surface area contributed by atoms with Gasteiger partial charge >= 0.3 is 12.4 Å². The van der Waals surface area contributed by atoms with Crippen LogP contribution in [0.3, 0.4) is 0 Å². The topological polar surface area (TPSA) is 128 Å². The minimum absolute atomic E-state index is 0.120. The molecular weight excluding hydrogens is 674 g/mol. The standard InChI is InChI=1S/C30H30F6N4O7S/c1-45-12-4-11-40-22-9-8-18(20-6-2-7-21(24(20)22)28(40)42)13-23(41)19-5-3-10-39(14-19)48(43,44)25-26(46-15-29(31,32)33)37-17-38-27(25)47-16-30(34,35)36/h2,6-9,17,19H,3-5,10-16H2,1H3. The highest BCUT2D eigenvalue weighted by Gasteiger charge is 2.41. The van der Waals surface area contributed by atoms with Crippen LogP contribution in [0.2, 0.25) is 0 Å². The second-order valence-electron chi connectivity index (χ2n) is 11.2. The van der Waals surface area contributed by atoms with Gasteiger partial charge in [0, 0.05) is 56.6 Å². The van der Waals surface area contributed by atoms with E-state index in [9.17, 15) is 44.3 Å². The van der Waals surface area contributed by atoms with Gasteiger partial charge in [-0.2, -0.15) is 30.6 Å². The lowest BCUT2D eigenvalue weighted by atomic mass is 9.89. The number of amides is 1. The highest BCUT2D eigenvalue weighted by molar-refractivity contribution is 7.89. The SMILES string of the molecule is COCCCN1C(=O)c2cccc3c(CC(=O)C4CCCN(S(=O)(=O)c5c(OCC(F)(F)F)ncnc5OCC(F)(F)F)C4)ccc1c23. The fraction of sp³-hybridized carbons (Fsp3) is 0.467. The Labute approximate surface area is 270 Å². The molecule has 260 valence electrons. The number of hydrogen-bond donors (Lipinski definition) is 0. The van der Waals surface area contributed by atoms with E-state index in [4.69, 9.17) is 4.74 Å². The molecule has 1 amide bonds. The van der Waals surface area contributed by atoms with Crippen LogP contribution in [0.25, 0.3) is 10.8 Å². The molecular formula is C30H30F6N4O7S. The summed E-state index contributed by atoms with van der Waals surface area (Å²) in [6.07, 6.45) is -8.41. The van der Waals surface area contributed by atoms with E-state index >= 15 is 0 Å². The fourth-order valence-corrected chi connectivity index (χ4v) is 7.47. The molecule has 18 heteroatoms. The number of alkyl halides is 6. The monoisotopic (exact) mass is 704 g/mol. The summed E-state index contributed by atoms with van der Waals surface area (Å²) in [6, 6.07) is 8.68. The molecule has 0 N–H and O–H groups in total. The molecule has 1 saturated heterocycles. The average molecular weight is 705 g/mol. The smallest absolute Gasteiger partial charge is 0.422 e. The third-order valence-electron chi connectivity index (χ3n) is 7.89. The number of ether oxygens (including phenoxy) is 3. The maximum absolute atomic E-state index is 13.8. The molecule has 11 nitrogen and oxygen atoms in total. The summed E-state index contributed by atoms with van der Waals surface area (Å²) in [5.74, 6) is -3.68. The van der Waals surface area contributed by atoms with Crippen molar-refractivity contribution in [1.29, 1.82) is 0 Å². The molecule has 2 aliphatic rings. The molecule has 0 aliphatic carbocycles. The van der Waals surface area contributed by atoms with E-state index in [1.54, 1.807) is 42.3 Å². The van der Waals surface area contributed by atoms with Crippen LogP contribution in [0.4, 0.5) is 32.0 Å². The number of halogens is 6. The Balaban J connectivity index is 1.39. The van der Waals surface area contributed by atoms with E-state index in [-0.39, 0.29) is 37.5 Å². The number of Topliss-reactive ketones (excluding diaryl/α,β-unsaturated/α-hetero) is 1. The molecule has 3 aromatic rings. The zero-order valence-corrected chi connectivity index (χ0v) is 26.3. The van der Waals surface area contributed by atoms with Crippen molar-refractivity contribution in [3.8, 4) is 11.8 Å². The lowest BCUT2D eigenvalue weighted by Gasteiger charge is -2.31. The highest BCUT2D eigenvalue weighted by Crippen LogP contribution is 2.40. The number of methoxy groups -OCH3 is 1. The Hall–Kier alpha value is -4.03. The van der Waals surface area contributed by atoms with Gasteiger partial charge in [-0.25, -0.2) is 18.4 Å². The Morgan fingerprint density at radius 1 is 1.00 bits per heavy atom. The first-order valence-electron chi connectivity index (χ1n) is 14.7. The van der Waals surface area contributed by atoms with E-state index in [0.29, 0.717) is 53.5 Å². The number of carbonyl (C=O) groups excluding carboxylic acids is 2. The van der Waals surface area contributed by atoms with Crippen LogP contribution < -0.4 is 14.4 Å². The minimum Gasteiger partial charge on any atom is -0.467 e. The van der Waals surface area contributed by atoms with Crippen LogP contribution >= 0.6 is 0 Å². The maximum atomic E-state index is 13.8. The second-order valence-corrected chi connectivity index (χ2v) is 13.1. The fourth-order valence-electron chi connectivity index (χ4n) is 5.80. The predicted octanol–water partition coefficient (Wildman–Crippen LogP) is 4.72. The number of benzene rings is 2. The van der Waals surface area contributed by atoms with Crippen molar-refractivity contribution in [2.75, 3.05) is 51.5 Å². The van der Waals surface area contributed by atoms with Crippen molar-refractivity contribution in [2.24, 2.45) is 5.92 Å². The summed E-state index contributed by atoms with van der Waals surface area (Å²) >= 11 is 0. The average Bonchev–Trinajstić information content (AvgIpc) is 3.31. The number of ketones is 1. The van der Waals surface area contributed by atoms with Gasteiger partial charge in [0.1, 0.15) is 12.1 Å². The van der Waals surface area contributed by atoms with Gasteiger partial charge in [-0.1, -0.05) is 18.2 Å². The van der Waals surface area contributed by atoms with Crippen LogP contribution in [0, 0.1) is 5.92 Å². The van der Waals surface area contributed by atoms with Crippen LogP contribution in [0.1, 0.15) is 35.2 Å². The largest absolute Gasteiger partial charge is 0.467 e. The lowest BCUT2D eigenvalue weighted by Crippen LogP contribution is -2.43. The second kappa shape index (κ2) is 13.8. The molecule has 2 aromatic carbocycles. The van der Waals surface area contributed by atoms with Gasteiger partial charge in [0.15, 0.2) is 13.2 Å². The molecule has 0 saturated carbocycles. The molecule has 0 spiro atoms. The predicted molar refractivity (Wildman–Crippen MR) is 157 cm³/mol. The van der Waals surface area contributed by atoms with Gasteiger partial charge in [-0.15, -0.1) is 0 Å². The van der Waals surface area contributed by atoms with Crippen molar-refractivity contribution in [3.05, 3.63) is 47.8 Å². The Kier molecular flexibility index (Phi) is 10.2.